The molecule has 0 spiro atoms. The number of rotatable bonds is 0. The Kier molecular flexibility index (Phi) is 3.67. The maximum atomic E-state index is 4.55. The molecule has 0 aromatic rings. The molecule has 3 aliphatic rings. The van der Waals surface area contributed by atoms with Crippen molar-refractivity contribution in [2.75, 3.05) is 7.05 Å². The fraction of sp³-hybridized carbons (Fsp3) is 0.667. The molecule has 3 rings (SSSR count). The number of fused-ring (bicyclic) bond motifs is 2. The van der Waals surface area contributed by atoms with Crippen molar-refractivity contribution in [2.45, 2.75) is 44.2 Å². The number of nitrogens with one attached hydrogen (secondary N) is 1. The zero-order valence-corrected chi connectivity index (χ0v) is 9.36. The summed E-state index contributed by atoms with van der Waals surface area (Å²) >= 11 is 0. The molecule has 0 amide bonds. The van der Waals surface area contributed by atoms with Crippen LogP contribution in [0.25, 0.3) is 0 Å². The molecule has 2 fully saturated rings. The lowest BCUT2D eigenvalue weighted by Gasteiger charge is -2.30. The zero-order chi connectivity index (χ0) is 10.5. The number of hydroxylamine groups is 1. The van der Waals surface area contributed by atoms with Gasteiger partial charge in [0.15, 0.2) is 0 Å². The van der Waals surface area contributed by atoms with E-state index >= 15 is 0 Å². The van der Waals surface area contributed by atoms with Gasteiger partial charge in [0, 0.05) is 18.3 Å². The number of piperidine rings is 1. The van der Waals surface area contributed by atoms with Crippen LogP contribution in [0, 0.1) is 0 Å². The highest BCUT2D eigenvalue weighted by atomic mass is 16.6. The molecular weight excluding hydrogens is 188 g/mol. The van der Waals surface area contributed by atoms with Gasteiger partial charge in [-0.05, 0) is 44.9 Å². The summed E-state index contributed by atoms with van der Waals surface area (Å²) in [4.78, 5) is 7.14. The van der Waals surface area contributed by atoms with E-state index in [4.69, 9.17) is 0 Å². The molecule has 84 valence electrons. The molecule has 0 saturated carbocycles. The fourth-order valence-corrected chi connectivity index (χ4v) is 2.63. The van der Waals surface area contributed by atoms with Crippen molar-refractivity contribution >= 4 is 0 Å². The monoisotopic (exact) mass is 208 g/mol. The molecule has 2 bridgehead atoms. The standard InChI is InChI=1S/C8H15N.C4H5NO/c1-9-7-3-2-4-8(9)6-5-7;1-2-4-6-5-3-1/h7-8H,2-6H2,1H3;1-5H/t7-,8+;. The lowest BCUT2D eigenvalue weighted by molar-refractivity contribution is 0.172. The molecule has 2 atom stereocenters. The summed E-state index contributed by atoms with van der Waals surface area (Å²) in [5.74, 6) is 0. The maximum Gasteiger partial charge on any atom is 0.119 e. The smallest absolute Gasteiger partial charge is 0.119 e. The highest BCUT2D eigenvalue weighted by Gasteiger charge is 2.33. The first kappa shape index (κ1) is 10.6. The van der Waals surface area contributed by atoms with E-state index in [2.05, 4.69) is 22.3 Å². The van der Waals surface area contributed by atoms with Gasteiger partial charge < -0.3 is 9.74 Å². The molecule has 3 aliphatic heterocycles. The van der Waals surface area contributed by atoms with Crippen LogP contribution in [0.15, 0.2) is 24.6 Å². The Bertz CT molecular complexity index is 222. The third kappa shape index (κ3) is 2.75. The summed E-state index contributed by atoms with van der Waals surface area (Å²) < 4.78 is 0. The van der Waals surface area contributed by atoms with Gasteiger partial charge in [0.05, 0.1) is 0 Å². The molecule has 15 heavy (non-hydrogen) atoms. The van der Waals surface area contributed by atoms with Crippen LogP contribution in [-0.2, 0) is 4.84 Å². The second kappa shape index (κ2) is 5.21. The molecule has 0 aliphatic carbocycles. The maximum absolute atomic E-state index is 4.55. The van der Waals surface area contributed by atoms with Crippen LogP contribution in [0.5, 0.6) is 0 Å². The second-order valence-corrected chi connectivity index (χ2v) is 4.40. The lowest BCUT2D eigenvalue weighted by atomic mass is 10.0. The third-order valence-corrected chi connectivity index (χ3v) is 3.55. The van der Waals surface area contributed by atoms with Crippen molar-refractivity contribution < 1.29 is 4.84 Å². The topological polar surface area (TPSA) is 24.5 Å². The summed E-state index contributed by atoms with van der Waals surface area (Å²) in [5, 5.41) is 0. The minimum Gasteiger partial charge on any atom is -0.391 e. The highest BCUT2D eigenvalue weighted by Crippen LogP contribution is 2.33. The van der Waals surface area contributed by atoms with Gasteiger partial charge in [-0.25, -0.2) is 5.48 Å². The Morgan fingerprint density at radius 1 is 1.13 bits per heavy atom. The zero-order valence-electron chi connectivity index (χ0n) is 9.36. The minimum atomic E-state index is 0.962. The number of hydrogen-bond acceptors (Lipinski definition) is 3. The fourth-order valence-electron chi connectivity index (χ4n) is 2.63. The Hall–Kier alpha value is -0.960. The summed E-state index contributed by atoms with van der Waals surface area (Å²) in [6.07, 6.45) is 14.3. The van der Waals surface area contributed by atoms with E-state index < -0.39 is 0 Å². The highest BCUT2D eigenvalue weighted by molar-refractivity contribution is 5.00. The van der Waals surface area contributed by atoms with Crippen LogP contribution in [0.1, 0.15) is 32.1 Å². The first-order chi connectivity index (χ1) is 7.38. The molecule has 3 heteroatoms. The second-order valence-electron chi connectivity index (χ2n) is 4.40. The molecule has 3 nitrogen and oxygen atoms in total. The average molecular weight is 208 g/mol. The van der Waals surface area contributed by atoms with E-state index in [0.717, 1.165) is 12.1 Å². The largest absolute Gasteiger partial charge is 0.391 e. The van der Waals surface area contributed by atoms with Crippen LogP contribution in [-0.4, -0.2) is 24.0 Å². The summed E-state index contributed by atoms with van der Waals surface area (Å²) in [6, 6.07) is 1.92. The molecule has 0 unspecified atom stereocenters. The first-order valence-corrected chi connectivity index (χ1v) is 5.83. The van der Waals surface area contributed by atoms with Gasteiger partial charge in [0.25, 0.3) is 0 Å². The molecule has 1 N–H and O–H groups in total. The van der Waals surface area contributed by atoms with Gasteiger partial charge in [-0.15, -0.1) is 0 Å². The first-order valence-electron chi connectivity index (χ1n) is 5.83. The Morgan fingerprint density at radius 2 is 1.87 bits per heavy atom. The van der Waals surface area contributed by atoms with Crippen molar-refractivity contribution in [1.29, 1.82) is 0 Å². The van der Waals surface area contributed by atoms with Gasteiger partial charge in [0.1, 0.15) is 6.26 Å². The molecule has 0 radical (unpaired) electrons. The Labute approximate surface area is 91.7 Å². The van der Waals surface area contributed by atoms with E-state index in [1.54, 1.807) is 18.5 Å². The van der Waals surface area contributed by atoms with Crippen molar-refractivity contribution in [3.8, 4) is 0 Å². The van der Waals surface area contributed by atoms with E-state index in [1.165, 1.54) is 32.1 Å². The summed E-state index contributed by atoms with van der Waals surface area (Å²) in [6.45, 7) is 0. The normalized spacial score (nSPS) is 32.6. The number of nitrogens with zero attached hydrogens (tertiary/aromatic N) is 1. The van der Waals surface area contributed by atoms with Gasteiger partial charge in [0.2, 0.25) is 0 Å². The minimum absolute atomic E-state index is 0.962. The Morgan fingerprint density at radius 3 is 2.20 bits per heavy atom. The third-order valence-electron chi connectivity index (χ3n) is 3.55. The van der Waals surface area contributed by atoms with Crippen molar-refractivity contribution in [3.63, 3.8) is 0 Å². The Balaban J connectivity index is 0.000000124. The molecule has 2 saturated heterocycles. The molecule has 0 aromatic heterocycles. The van der Waals surface area contributed by atoms with Crippen LogP contribution >= 0.6 is 0 Å². The van der Waals surface area contributed by atoms with Crippen molar-refractivity contribution in [2.24, 2.45) is 0 Å². The van der Waals surface area contributed by atoms with Gasteiger partial charge in [-0.3, -0.25) is 0 Å². The van der Waals surface area contributed by atoms with E-state index in [-0.39, 0.29) is 0 Å². The predicted octanol–water partition coefficient (Wildman–Crippen LogP) is 2.18. The summed E-state index contributed by atoms with van der Waals surface area (Å²) in [5.41, 5.74) is 2.52. The summed E-state index contributed by atoms with van der Waals surface area (Å²) in [7, 11) is 2.29. The SMILES string of the molecule is C1=CNOC=C1.CN1[C@@H]2CCC[C@H]1CC2. The van der Waals surface area contributed by atoms with Crippen LogP contribution < -0.4 is 5.48 Å². The van der Waals surface area contributed by atoms with Gasteiger partial charge in [-0.2, -0.15) is 0 Å². The van der Waals surface area contributed by atoms with E-state index in [1.807, 2.05) is 6.08 Å². The number of hydrogen-bond donors (Lipinski definition) is 1. The van der Waals surface area contributed by atoms with Crippen LogP contribution in [0.3, 0.4) is 0 Å². The molecule has 0 aromatic carbocycles. The molecular formula is C12H20N2O. The van der Waals surface area contributed by atoms with Gasteiger partial charge >= 0.3 is 0 Å². The van der Waals surface area contributed by atoms with Crippen molar-refractivity contribution in [1.82, 2.24) is 10.4 Å². The quantitative estimate of drug-likeness (QED) is 0.660. The van der Waals surface area contributed by atoms with Gasteiger partial charge in [-0.1, -0.05) is 6.42 Å². The van der Waals surface area contributed by atoms with Crippen LogP contribution in [0.4, 0.5) is 0 Å². The number of allylic oxidation sites excluding steroid dienone is 2. The van der Waals surface area contributed by atoms with E-state index in [0.29, 0.717) is 0 Å². The van der Waals surface area contributed by atoms with Crippen molar-refractivity contribution in [3.05, 3.63) is 24.6 Å². The van der Waals surface area contributed by atoms with E-state index in [9.17, 15) is 0 Å². The average Bonchev–Trinajstić information content (AvgIpc) is 2.56. The molecule has 3 heterocycles. The predicted molar refractivity (Wildman–Crippen MR) is 60.9 cm³/mol. The van der Waals surface area contributed by atoms with Crippen LogP contribution in [0.2, 0.25) is 0 Å². The lowest BCUT2D eigenvalue weighted by Crippen LogP contribution is -2.35.